The van der Waals surface area contributed by atoms with Gasteiger partial charge >= 0.3 is 0 Å². The number of ether oxygens (including phenoxy) is 1. The lowest BCUT2D eigenvalue weighted by Gasteiger charge is -2.08. The predicted molar refractivity (Wildman–Crippen MR) is 73.5 cm³/mol. The number of rotatable bonds is 3. The molecule has 0 bridgehead atoms. The van der Waals surface area contributed by atoms with Crippen LogP contribution in [0.4, 0.5) is 0 Å². The first-order chi connectivity index (χ1) is 9.31. The lowest BCUT2D eigenvalue weighted by molar-refractivity contribution is 0.475. The number of hydrogen-bond donors (Lipinski definition) is 1. The maximum absolute atomic E-state index is 5.71. The van der Waals surface area contributed by atoms with Crippen molar-refractivity contribution in [2.75, 3.05) is 13.1 Å². The molecule has 4 heteroatoms. The summed E-state index contributed by atoms with van der Waals surface area (Å²) in [5.74, 6) is 2.83. The summed E-state index contributed by atoms with van der Waals surface area (Å²) in [7, 11) is 0. The molecule has 3 rings (SSSR count). The minimum absolute atomic E-state index is 0.438. The monoisotopic (exact) mass is 255 g/mol. The van der Waals surface area contributed by atoms with Gasteiger partial charge in [0.2, 0.25) is 0 Å². The number of aromatic nitrogens is 2. The van der Waals surface area contributed by atoms with E-state index in [1.54, 1.807) is 12.4 Å². The lowest BCUT2D eigenvalue weighted by atomic mass is 10.1. The molecule has 98 valence electrons. The smallest absolute Gasteiger partial charge is 0.164 e. The Hall–Kier alpha value is -1.94. The van der Waals surface area contributed by atoms with Gasteiger partial charge in [0, 0.05) is 12.5 Å². The quantitative estimate of drug-likeness (QED) is 0.916. The minimum Gasteiger partial charge on any atom is -0.454 e. The van der Waals surface area contributed by atoms with Crippen LogP contribution in [0.2, 0.25) is 0 Å². The van der Waals surface area contributed by atoms with E-state index in [1.807, 2.05) is 24.3 Å². The summed E-state index contributed by atoms with van der Waals surface area (Å²) in [6.45, 7) is 4.07. The molecular weight excluding hydrogens is 238 g/mol. The molecule has 1 aromatic carbocycles. The van der Waals surface area contributed by atoms with E-state index in [0.717, 1.165) is 31.1 Å². The topological polar surface area (TPSA) is 47.0 Å². The third-order valence-corrected chi connectivity index (χ3v) is 3.33. The van der Waals surface area contributed by atoms with E-state index in [0.29, 0.717) is 11.7 Å². The fraction of sp³-hybridized carbons (Fsp3) is 0.333. The van der Waals surface area contributed by atoms with Gasteiger partial charge in [-0.1, -0.05) is 17.7 Å². The Morgan fingerprint density at radius 2 is 1.84 bits per heavy atom. The maximum atomic E-state index is 5.71. The van der Waals surface area contributed by atoms with E-state index in [1.165, 1.54) is 5.56 Å². The number of aryl methyl sites for hydroxylation is 1. The second kappa shape index (κ2) is 5.36. The highest BCUT2D eigenvalue weighted by Crippen LogP contribution is 2.23. The molecule has 0 spiro atoms. The van der Waals surface area contributed by atoms with Gasteiger partial charge in [-0.15, -0.1) is 0 Å². The van der Waals surface area contributed by atoms with Crippen LogP contribution in [0.5, 0.6) is 11.5 Å². The van der Waals surface area contributed by atoms with Crippen molar-refractivity contribution in [3.63, 3.8) is 0 Å². The molecule has 1 atom stereocenters. The average Bonchev–Trinajstić information content (AvgIpc) is 2.96. The summed E-state index contributed by atoms with van der Waals surface area (Å²) in [6.07, 6.45) is 4.61. The number of benzene rings is 1. The van der Waals surface area contributed by atoms with Crippen molar-refractivity contribution in [1.29, 1.82) is 0 Å². The molecule has 1 N–H and O–H groups in total. The molecule has 1 aliphatic heterocycles. The predicted octanol–water partition coefficient (Wildman–Crippen LogP) is 2.65. The average molecular weight is 255 g/mol. The van der Waals surface area contributed by atoms with Crippen LogP contribution in [-0.4, -0.2) is 23.1 Å². The first-order valence-corrected chi connectivity index (χ1v) is 6.58. The maximum Gasteiger partial charge on any atom is 0.164 e. The summed E-state index contributed by atoms with van der Waals surface area (Å²) in [4.78, 5) is 8.80. The zero-order valence-corrected chi connectivity index (χ0v) is 11.0. The Morgan fingerprint density at radius 1 is 1.11 bits per heavy atom. The molecule has 0 saturated carbocycles. The van der Waals surface area contributed by atoms with Crippen LogP contribution >= 0.6 is 0 Å². The SMILES string of the molecule is Cc1ccc(Oc2cnc(C3CCNC3)nc2)cc1. The van der Waals surface area contributed by atoms with Crippen molar-refractivity contribution < 1.29 is 4.74 Å². The first kappa shape index (κ1) is 12.1. The third kappa shape index (κ3) is 2.90. The highest BCUT2D eigenvalue weighted by Gasteiger charge is 2.18. The second-order valence-corrected chi connectivity index (χ2v) is 4.88. The number of nitrogens with one attached hydrogen (secondary N) is 1. The van der Waals surface area contributed by atoms with Crippen LogP contribution in [0.3, 0.4) is 0 Å². The molecule has 1 aromatic heterocycles. The Bertz CT molecular complexity index is 530. The van der Waals surface area contributed by atoms with Gasteiger partial charge in [0.25, 0.3) is 0 Å². The van der Waals surface area contributed by atoms with E-state index < -0.39 is 0 Å². The van der Waals surface area contributed by atoms with Crippen molar-refractivity contribution in [3.05, 3.63) is 48.0 Å². The van der Waals surface area contributed by atoms with Crippen molar-refractivity contribution in [3.8, 4) is 11.5 Å². The normalized spacial score (nSPS) is 18.5. The summed E-state index contributed by atoms with van der Waals surface area (Å²) in [6, 6.07) is 7.94. The molecule has 1 fully saturated rings. The van der Waals surface area contributed by atoms with Gasteiger partial charge in [0.15, 0.2) is 5.75 Å². The summed E-state index contributed by atoms with van der Waals surface area (Å²) in [5.41, 5.74) is 1.22. The highest BCUT2D eigenvalue weighted by atomic mass is 16.5. The molecule has 4 nitrogen and oxygen atoms in total. The molecule has 1 aliphatic rings. The molecular formula is C15H17N3O. The molecule has 2 aromatic rings. The zero-order chi connectivity index (χ0) is 13.1. The van der Waals surface area contributed by atoms with Gasteiger partial charge in [-0.2, -0.15) is 0 Å². The summed E-state index contributed by atoms with van der Waals surface area (Å²) >= 11 is 0. The van der Waals surface area contributed by atoms with Crippen LogP contribution < -0.4 is 10.1 Å². The van der Waals surface area contributed by atoms with Gasteiger partial charge in [0.05, 0.1) is 12.4 Å². The molecule has 2 heterocycles. The van der Waals surface area contributed by atoms with Crippen molar-refractivity contribution >= 4 is 0 Å². The largest absolute Gasteiger partial charge is 0.454 e. The summed E-state index contributed by atoms with van der Waals surface area (Å²) < 4.78 is 5.71. The van der Waals surface area contributed by atoms with Crippen LogP contribution in [-0.2, 0) is 0 Å². The Balaban J connectivity index is 1.70. The Labute approximate surface area is 112 Å². The van der Waals surface area contributed by atoms with Gasteiger partial charge in [-0.05, 0) is 32.0 Å². The molecule has 0 radical (unpaired) electrons. The van der Waals surface area contributed by atoms with E-state index in [-0.39, 0.29) is 0 Å². The van der Waals surface area contributed by atoms with E-state index in [2.05, 4.69) is 22.2 Å². The highest BCUT2D eigenvalue weighted by molar-refractivity contribution is 5.30. The van der Waals surface area contributed by atoms with Gasteiger partial charge in [-0.25, -0.2) is 9.97 Å². The standard InChI is InChI=1S/C15H17N3O/c1-11-2-4-13(5-3-11)19-14-9-17-15(18-10-14)12-6-7-16-8-12/h2-5,9-10,12,16H,6-8H2,1H3. The Kier molecular flexibility index (Phi) is 3.42. The van der Waals surface area contributed by atoms with Gasteiger partial charge in [0.1, 0.15) is 11.6 Å². The molecule has 19 heavy (non-hydrogen) atoms. The first-order valence-electron chi connectivity index (χ1n) is 6.58. The van der Waals surface area contributed by atoms with Crippen molar-refractivity contribution in [2.45, 2.75) is 19.3 Å². The van der Waals surface area contributed by atoms with Crippen LogP contribution in [0.25, 0.3) is 0 Å². The molecule has 0 amide bonds. The third-order valence-electron chi connectivity index (χ3n) is 3.33. The second-order valence-electron chi connectivity index (χ2n) is 4.88. The van der Waals surface area contributed by atoms with E-state index in [9.17, 15) is 0 Å². The molecule has 1 saturated heterocycles. The van der Waals surface area contributed by atoms with Crippen LogP contribution in [0, 0.1) is 6.92 Å². The van der Waals surface area contributed by atoms with Crippen molar-refractivity contribution in [1.82, 2.24) is 15.3 Å². The molecule has 1 unspecified atom stereocenters. The van der Waals surface area contributed by atoms with Gasteiger partial charge < -0.3 is 10.1 Å². The van der Waals surface area contributed by atoms with Gasteiger partial charge in [-0.3, -0.25) is 0 Å². The van der Waals surface area contributed by atoms with Crippen LogP contribution in [0.1, 0.15) is 23.7 Å². The molecule has 0 aliphatic carbocycles. The van der Waals surface area contributed by atoms with E-state index in [4.69, 9.17) is 4.74 Å². The fourth-order valence-corrected chi connectivity index (χ4v) is 2.21. The lowest BCUT2D eigenvalue weighted by Crippen LogP contribution is -2.10. The number of nitrogens with zero attached hydrogens (tertiary/aromatic N) is 2. The van der Waals surface area contributed by atoms with E-state index >= 15 is 0 Å². The minimum atomic E-state index is 0.438. The fourth-order valence-electron chi connectivity index (χ4n) is 2.21. The number of hydrogen-bond acceptors (Lipinski definition) is 4. The zero-order valence-electron chi connectivity index (χ0n) is 11.0. The summed E-state index contributed by atoms with van der Waals surface area (Å²) in [5, 5.41) is 3.32. The van der Waals surface area contributed by atoms with Crippen LogP contribution in [0.15, 0.2) is 36.7 Å². The Morgan fingerprint density at radius 3 is 2.47 bits per heavy atom. The van der Waals surface area contributed by atoms with Crippen molar-refractivity contribution in [2.24, 2.45) is 0 Å².